The Hall–Kier alpha value is -2.98. The summed E-state index contributed by atoms with van der Waals surface area (Å²) in [6.45, 7) is 3.36. The first-order chi connectivity index (χ1) is 16.4. The number of carbonyl (C=O) groups is 2. The summed E-state index contributed by atoms with van der Waals surface area (Å²) in [5.74, 6) is -2.72. The number of carbonyl (C=O) groups excluding carboxylic acids is 1. The molecule has 4 rings (SSSR count). The van der Waals surface area contributed by atoms with Crippen LogP contribution in [0.25, 0.3) is 10.3 Å². The maximum absolute atomic E-state index is 13.0. The Balaban J connectivity index is 0.000000429. The third kappa shape index (κ3) is 6.79. The van der Waals surface area contributed by atoms with Gasteiger partial charge in [-0.15, -0.1) is 22.7 Å². The predicted octanol–water partition coefficient (Wildman–Crippen LogP) is 4.46. The van der Waals surface area contributed by atoms with Gasteiger partial charge in [0.1, 0.15) is 21.0 Å². The van der Waals surface area contributed by atoms with Crippen LogP contribution in [0.3, 0.4) is 0 Å². The molecule has 1 aliphatic rings. The molecule has 1 amide bonds. The second kappa shape index (κ2) is 10.7. The number of carboxylic acids is 1. The first-order valence-corrected chi connectivity index (χ1v) is 11.6. The Morgan fingerprint density at radius 2 is 1.83 bits per heavy atom. The number of rotatable bonds is 3. The molecule has 0 radical (unpaired) electrons. The topological polar surface area (TPSA) is 107 Å². The fraction of sp³-hybridized carbons (Fsp3) is 0.368. The van der Waals surface area contributed by atoms with Gasteiger partial charge < -0.3 is 20.6 Å². The van der Waals surface area contributed by atoms with Gasteiger partial charge >= 0.3 is 18.3 Å². The lowest BCUT2D eigenvalue weighted by Gasteiger charge is -2.20. The van der Waals surface area contributed by atoms with Crippen molar-refractivity contribution in [3.8, 4) is 0 Å². The number of aromatic nitrogens is 2. The van der Waals surface area contributed by atoms with Crippen molar-refractivity contribution in [1.29, 1.82) is 0 Å². The maximum Gasteiger partial charge on any atom is 0.490 e. The summed E-state index contributed by atoms with van der Waals surface area (Å²) in [6, 6.07) is 1.25. The lowest BCUT2D eigenvalue weighted by molar-refractivity contribution is -0.192. The highest BCUT2D eigenvalue weighted by Gasteiger charge is 2.38. The van der Waals surface area contributed by atoms with Gasteiger partial charge in [0.15, 0.2) is 0 Å². The first-order valence-electron chi connectivity index (χ1n) is 9.84. The van der Waals surface area contributed by atoms with Crippen molar-refractivity contribution < 1.29 is 41.0 Å². The van der Waals surface area contributed by atoms with Gasteiger partial charge in [-0.25, -0.2) is 14.8 Å². The number of nitrogens with one attached hydrogen (secondary N) is 2. The molecule has 35 heavy (non-hydrogen) atoms. The molecule has 3 aromatic rings. The highest BCUT2D eigenvalue weighted by atomic mass is 32.1. The largest absolute Gasteiger partial charge is 0.490 e. The van der Waals surface area contributed by atoms with Crippen LogP contribution in [-0.4, -0.2) is 59.3 Å². The number of nitrogens with zero attached hydrogens (tertiary/aromatic N) is 3. The molecule has 1 saturated heterocycles. The zero-order valence-corrected chi connectivity index (χ0v) is 19.2. The number of hydrogen-bond donors (Lipinski definition) is 3. The Kier molecular flexibility index (Phi) is 8.17. The minimum absolute atomic E-state index is 0.224. The molecule has 0 bridgehead atoms. The number of aliphatic carboxylic acids is 1. The average molecular weight is 541 g/mol. The van der Waals surface area contributed by atoms with Gasteiger partial charge in [0.25, 0.3) is 5.91 Å². The molecular formula is C19H17F6N5O3S2. The van der Waals surface area contributed by atoms with E-state index >= 15 is 0 Å². The van der Waals surface area contributed by atoms with Crippen LogP contribution in [0.1, 0.15) is 21.7 Å². The van der Waals surface area contributed by atoms with Crippen molar-refractivity contribution in [2.24, 2.45) is 0 Å². The normalized spacial score (nSPS) is 14.7. The Labute approximate surface area is 201 Å². The van der Waals surface area contributed by atoms with E-state index in [1.807, 2.05) is 0 Å². The summed E-state index contributed by atoms with van der Waals surface area (Å²) in [4.78, 5) is 32.3. The summed E-state index contributed by atoms with van der Waals surface area (Å²) in [7, 11) is 0. The minimum Gasteiger partial charge on any atom is -0.475 e. The number of anilines is 2. The number of alkyl halides is 6. The zero-order chi connectivity index (χ0) is 25.8. The van der Waals surface area contributed by atoms with Crippen LogP contribution in [0, 0.1) is 0 Å². The maximum atomic E-state index is 13.0. The number of hydrogen-bond acceptors (Lipinski definition) is 8. The van der Waals surface area contributed by atoms with Crippen LogP contribution < -0.4 is 15.5 Å². The van der Waals surface area contributed by atoms with Crippen molar-refractivity contribution in [2.75, 3.05) is 36.4 Å². The van der Waals surface area contributed by atoms with E-state index < -0.39 is 29.1 Å². The van der Waals surface area contributed by atoms with Gasteiger partial charge in [-0.05, 0) is 24.4 Å². The van der Waals surface area contributed by atoms with Crippen molar-refractivity contribution in [1.82, 2.24) is 15.3 Å². The summed E-state index contributed by atoms with van der Waals surface area (Å²) in [5.41, 5.74) is 0.382. The number of thiophene rings is 2. The Bertz CT molecular complexity index is 1190. The van der Waals surface area contributed by atoms with E-state index in [4.69, 9.17) is 9.90 Å². The number of halogens is 6. The standard InChI is InChI=1S/C17H16F3N5OS2.C2HF3O2/c18-17(19,20)14-11(2-7-27-14)23-15(26)10-9-28-16-13(10)24-12(8-22-16)25-5-1-3-21-4-6-25;3-2(4,5)1(6)7/h2,7-9,21H,1,3-6H2,(H,23,26);(H,6,7). The van der Waals surface area contributed by atoms with Crippen molar-refractivity contribution >= 4 is 56.4 Å². The van der Waals surface area contributed by atoms with Crippen LogP contribution in [0.5, 0.6) is 0 Å². The molecule has 0 saturated carbocycles. The lowest BCUT2D eigenvalue weighted by Crippen LogP contribution is -2.28. The minimum atomic E-state index is -5.08. The quantitative estimate of drug-likeness (QED) is 0.421. The van der Waals surface area contributed by atoms with E-state index in [-0.39, 0.29) is 11.3 Å². The predicted molar refractivity (Wildman–Crippen MR) is 118 cm³/mol. The van der Waals surface area contributed by atoms with Gasteiger partial charge in [-0.2, -0.15) is 26.3 Å². The summed E-state index contributed by atoms with van der Waals surface area (Å²) >= 11 is 1.78. The van der Waals surface area contributed by atoms with E-state index in [2.05, 4.69) is 25.5 Å². The SMILES string of the molecule is O=C(Nc1ccsc1C(F)(F)F)c1csc2ncc(N3CCCNCC3)nc12.O=C(O)C(F)(F)F. The monoisotopic (exact) mass is 541 g/mol. The summed E-state index contributed by atoms with van der Waals surface area (Å²) < 4.78 is 70.9. The van der Waals surface area contributed by atoms with E-state index in [1.165, 1.54) is 22.8 Å². The molecule has 190 valence electrons. The van der Waals surface area contributed by atoms with Gasteiger partial charge in [0.05, 0.1) is 17.4 Å². The van der Waals surface area contributed by atoms with E-state index in [1.54, 1.807) is 11.6 Å². The lowest BCUT2D eigenvalue weighted by atomic mass is 10.2. The average Bonchev–Trinajstić information content (AvgIpc) is 3.32. The molecule has 0 aliphatic carbocycles. The second-order valence-electron chi connectivity index (χ2n) is 7.04. The third-order valence-electron chi connectivity index (χ3n) is 4.59. The highest BCUT2D eigenvalue weighted by molar-refractivity contribution is 7.17. The fourth-order valence-corrected chi connectivity index (χ4v) is 4.55. The summed E-state index contributed by atoms with van der Waals surface area (Å²) in [5, 5.41) is 15.7. The third-order valence-corrected chi connectivity index (χ3v) is 6.43. The molecule has 16 heteroatoms. The van der Waals surface area contributed by atoms with Crippen LogP contribution in [-0.2, 0) is 11.0 Å². The number of fused-ring (bicyclic) bond motifs is 1. The van der Waals surface area contributed by atoms with Crippen LogP contribution in [0.4, 0.5) is 37.8 Å². The molecule has 4 heterocycles. The molecular weight excluding hydrogens is 524 g/mol. The van der Waals surface area contributed by atoms with Crippen LogP contribution in [0.2, 0.25) is 0 Å². The molecule has 0 unspecified atom stereocenters. The van der Waals surface area contributed by atoms with Crippen LogP contribution in [0.15, 0.2) is 23.0 Å². The molecule has 0 aromatic carbocycles. The zero-order valence-electron chi connectivity index (χ0n) is 17.5. The smallest absolute Gasteiger partial charge is 0.475 e. The molecule has 3 aromatic heterocycles. The molecule has 1 aliphatic heterocycles. The van der Waals surface area contributed by atoms with E-state index in [0.717, 1.165) is 32.6 Å². The van der Waals surface area contributed by atoms with Crippen molar-refractivity contribution in [3.63, 3.8) is 0 Å². The molecule has 0 atom stereocenters. The Morgan fingerprint density at radius 1 is 1.11 bits per heavy atom. The number of amides is 1. The van der Waals surface area contributed by atoms with Gasteiger partial charge in [0.2, 0.25) is 0 Å². The molecule has 1 fully saturated rings. The van der Waals surface area contributed by atoms with Gasteiger partial charge in [-0.1, -0.05) is 0 Å². The Morgan fingerprint density at radius 3 is 2.49 bits per heavy atom. The molecule has 0 spiro atoms. The van der Waals surface area contributed by atoms with Gasteiger partial charge in [0, 0.05) is 25.0 Å². The molecule has 8 nitrogen and oxygen atoms in total. The fourth-order valence-electron chi connectivity index (χ4n) is 3.01. The van der Waals surface area contributed by atoms with Gasteiger partial charge in [-0.3, -0.25) is 4.79 Å². The van der Waals surface area contributed by atoms with Crippen molar-refractivity contribution in [3.05, 3.63) is 33.5 Å². The number of carboxylic acid groups (broad SMARTS) is 1. The van der Waals surface area contributed by atoms with E-state index in [0.29, 0.717) is 27.5 Å². The molecule has 3 N–H and O–H groups in total. The second-order valence-corrected chi connectivity index (χ2v) is 8.81. The highest BCUT2D eigenvalue weighted by Crippen LogP contribution is 2.39. The van der Waals surface area contributed by atoms with Crippen molar-refractivity contribution in [2.45, 2.75) is 18.8 Å². The summed E-state index contributed by atoms with van der Waals surface area (Å²) in [6.07, 6.45) is -6.96. The van der Waals surface area contributed by atoms with E-state index in [9.17, 15) is 31.1 Å². The first kappa shape index (κ1) is 26.6. The van der Waals surface area contributed by atoms with Crippen LogP contribution >= 0.6 is 22.7 Å².